The molecule has 1 fully saturated rings. The SMILES string of the molecule is CC(=O)c1cn(CCCN2CCN(c3ccccc3)CC2)c2ccccc12. The van der Waals surface area contributed by atoms with Crippen molar-refractivity contribution >= 4 is 22.4 Å². The summed E-state index contributed by atoms with van der Waals surface area (Å²) in [6.45, 7) is 8.10. The van der Waals surface area contributed by atoms with Gasteiger partial charge >= 0.3 is 0 Å². The summed E-state index contributed by atoms with van der Waals surface area (Å²) in [6, 6.07) is 18.9. The minimum absolute atomic E-state index is 0.141. The number of hydrogen-bond donors (Lipinski definition) is 0. The zero-order chi connectivity index (χ0) is 18.6. The summed E-state index contributed by atoms with van der Waals surface area (Å²) < 4.78 is 2.24. The van der Waals surface area contributed by atoms with Gasteiger partial charge < -0.3 is 9.47 Å². The van der Waals surface area contributed by atoms with Crippen LogP contribution in [0.5, 0.6) is 0 Å². The maximum atomic E-state index is 11.9. The van der Waals surface area contributed by atoms with Crippen LogP contribution in [-0.2, 0) is 6.54 Å². The zero-order valence-corrected chi connectivity index (χ0v) is 16.0. The first-order chi connectivity index (χ1) is 13.2. The van der Waals surface area contributed by atoms with E-state index in [0.29, 0.717) is 0 Å². The standard InChI is InChI=1S/C23H27N3O/c1-19(27)22-18-26(23-11-6-5-10-21(22)23)13-7-12-24-14-16-25(17-15-24)20-8-3-2-4-9-20/h2-6,8-11,18H,7,12-17H2,1H3. The maximum Gasteiger partial charge on any atom is 0.161 e. The van der Waals surface area contributed by atoms with Crippen LogP contribution in [0.3, 0.4) is 0 Å². The van der Waals surface area contributed by atoms with Gasteiger partial charge in [0.25, 0.3) is 0 Å². The van der Waals surface area contributed by atoms with Gasteiger partial charge in [-0.2, -0.15) is 0 Å². The van der Waals surface area contributed by atoms with Gasteiger partial charge in [0.15, 0.2) is 5.78 Å². The van der Waals surface area contributed by atoms with Crippen LogP contribution in [-0.4, -0.2) is 48.0 Å². The topological polar surface area (TPSA) is 28.5 Å². The van der Waals surface area contributed by atoms with Crippen molar-refractivity contribution in [3.63, 3.8) is 0 Å². The van der Waals surface area contributed by atoms with Crippen LogP contribution in [0.15, 0.2) is 60.8 Å². The first-order valence-corrected chi connectivity index (χ1v) is 9.83. The first kappa shape index (κ1) is 17.8. The van der Waals surface area contributed by atoms with Crippen molar-refractivity contribution in [2.45, 2.75) is 19.9 Å². The fourth-order valence-electron chi connectivity index (χ4n) is 4.05. The van der Waals surface area contributed by atoms with Crippen molar-refractivity contribution in [2.75, 3.05) is 37.6 Å². The quantitative estimate of drug-likeness (QED) is 0.620. The van der Waals surface area contributed by atoms with Gasteiger partial charge in [0.05, 0.1) is 0 Å². The molecule has 0 atom stereocenters. The van der Waals surface area contributed by atoms with Crippen LogP contribution < -0.4 is 4.90 Å². The van der Waals surface area contributed by atoms with E-state index in [9.17, 15) is 4.79 Å². The van der Waals surface area contributed by atoms with E-state index in [0.717, 1.165) is 62.2 Å². The lowest BCUT2D eigenvalue weighted by Crippen LogP contribution is -2.46. The number of aromatic nitrogens is 1. The number of carbonyl (C=O) groups is 1. The Morgan fingerprint density at radius 1 is 0.889 bits per heavy atom. The van der Waals surface area contributed by atoms with Gasteiger partial charge in [-0.3, -0.25) is 9.69 Å². The van der Waals surface area contributed by atoms with Crippen molar-refractivity contribution in [1.29, 1.82) is 0 Å². The number of benzene rings is 2. The number of fused-ring (bicyclic) bond motifs is 1. The average Bonchev–Trinajstić information content (AvgIpc) is 3.08. The van der Waals surface area contributed by atoms with Crippen LogP contribution >= 0.6 is 0 Å². The lowest BCUT2D eigenvalue weighted by atomic mass is 10.1. The largest absolute Gasteiger partial charge is 0.369 e. The van der Waals surface area contributed by atoms with Gasteiger partial charge in [0.1, 0.15) is 0 Å². The monoisotopic (exact) mass is 361 g/mol. The molecule has 4 heteroatoms. The molecule has 4 rings (SSSR count). The third kappa shape index (κ3) is 3.91. The summed E-state index contributed by atoms with van der Waals surface area (Å²) in [5.41, 5.74) is 3.33. The summed E-state index contributed by atoms with van der Waals surface area (Å²) in [7, 11) is 0. The molecule has 0 spiro atoms. The van der Waals surface area contributed by atoms with E-state index in [1.165, 1.54) is 5.69 Å². The van der Waals surface area contributed by atoms with Crippen LogP contribution in [0.1, 0.15) is 23.7 Å². The van der Waals surface area contributed by atoms with Crippen LogP contribution in [0.4, 0.5) is 5.69 Å². The number of aryl methyl sites for hydroxylation is 1. The summed E-state index contributed by atoms with van der Waals surface area (Å²) in [6.07, 6.45) is 3.13. The Balaban J connectivity index is 1.32. The molecular weight excluding hydrogens is 334 g/mol. The lowest BCUT2D eigenvalue weighted by Gasteiger charge is -2.36. The molecule has 4 nitrogen and oxygen atoms in total. The average molecular weight is 361 g/mol. The van der Waals surface area contributed by atoms with E-state index in [-0.39, 0.29) is 5.78 Å². The zero-order valence-electron chi connectivity index (χ0n) is 16.0. The number of rotatable bonds is 6. The second kappa shape index (κ2) is 7.97. The fourth-order valence-corrected chi connectivity index (χ4v) is 4.05. The highest BCUT2D eigenvalue weighted by molar-refractivity contribution is 6.06. The summed E-state index contributed by atoms with van der Waals surface area (Å²) in [5, 5.41) is 1.07. The van der Waals surface area contributed by atoms with Crippen molar-refractivity contribution < 1.29 is 4.79 Å². The van der Waals surface area contributed by atoms with Crippen LogP contribution in [0, 0.1) is 0 Å². The molecular formula is C23H27N3O. The molecule has 2 heterocycles. The van der Waals surface area contributed by atoms with Gasteiger partial charge in [-0.25, -0.2) is 0 Å². The minimum atomic E-state index is 0.141. The van der Waals surface area contributed by atoms with Gasteiger partial charge in [0, 0.05) is 61.1 Å². The number of carbonyl (C=O) groups excluding carboxylic acids is 1. The Hall–Kier alpha value is -2.59. The fraction of sp³-hybridized carbons (Fsp3) is 0.348. The number of para-hydroxylation sites is 2. The van der Waals surface area contributed by atoms with Crippen molar-refractivity contribution in [3.8, 4) is 0 Å². The summed E-state index contributed by atoms with van der Waals surface area (Å²) >= 11 is 0. The number of nitrogens with zero attached hydrogens (tertiary/aromatic N) is 3. The molecule has 0 saturated carbocycles. The van der Waals surface area contributed by atoms with Gasteiger partial charge in [-0.15, -0.1) is 0 Å². The van der Waals surface area contributed by atoms with Crippen molar-refractivity contribution in [1.82, 2.24) is 9.47 Å². The lowest BCUT2D eigenvalue weighted by molar-refractivity contribution is 0.101. The Kier molecular flexibility index (Phi) is 5.26. The highest BCUT2D eigenvalue weighted by Crippen LogP contribution is 2.22. The molecule has 0 N–H and O–H groups in total. The molecule has 27 heavy (non-hydrogen) atoms. The van der Waals surface area contributed by atoms with Gasteiger partial charge in [-0.1, -0.05) is 36.4 Å². The minimum Gasteiger partial charge on any atom is -0.369 e. The van der Waals surface area contributed by atoms with E-state index >= 15 is 0 Å². The number of ketones is 1. The molecule has 2 aromatic carbocycles. The predicted molar refractivity (Wildman–Crippen MR) is 112 cm³/mol. The number of Topliss-reactive ketones (excluding diaryl/α,β-unsaturated/α-hetero) is 1. The Labute approximate surface area is 161 Å². The third-order valence-electron chi connectivity index (χ3n) is 5.53. The van der Waals surface area contributed by atoms with Gasteiger partial charge in [0.2, 0.25) is 0 Å². The number of piperazine rings is 1. The Morgan fingerprint density at radius 3 is 2.33 bits per heavy atom. The number of hydrogen-bond acceptors (Lipinski definition) is 3. The van der Waals surface area contributed by atoms with E-state index in [4.69, 9.17) is 0 Å². The summed E-state index contributed by atoms with van der Waals surface area (Å²) in [4.78, 5) is 16.9. The molecule has 0 unspecified atom stereocenters. The van der Waals surface area contributed by atoms with E-state index in [2.05, 4.69) is 50.8 Å². The maximum absolute atomic E-state index is 11.9. The first-order valence-electron chi connectivity index (χ1n) is 9.83. The second-order valence-electron chi connectivity index (χ2n) is 7.33. The second-order valence-corrected chi connectivity index (χ2v) is 7.33. The molecule has 0 amide bonds. The molecule has 0 bridgehead atoms. The normalized spacial score (nSPS) is 15.4. The van der Waals surface area contributed by atoms with E-state index < -0.39 is 0 Å². The Morgan fingerprint density at radius 2 is 1.59 bits per heavy atom. The molecule has 1 aromatic heterocycles. The highest BCUT2D eigenvalue weighted by atomic mass is 16.1. The van der Waals surface area contributed by atoms with E-state index in [1.54, 1.807) is 6.92 Å². The van der Waals surface area contributed by atoms with Crippen LogP contribution in [0.25, 0.3) is 10.9 Å². The highest BCUT2D eigenvalue weighted by Gasteiger charge is 2.17. The van der Waals surface area contributed by atoms with E-state index in [1.807, 2.05) is 24.4 Å². The smallest absolute Gasteiger partial charge is 0.161 e. The molecule has 0 radical (unpaired) electrons. The molecule has 1 aliphatic rings. The van der Waals surface area contributed by atoms with Crippen molar-refractivity contribution in [3.05, 3.63) is 66.4 Å². The predicted octanol–water partition coefficient (Wildman–Crippen LogP) is 4.06. The van der Waals surface area contributed by atoms with Crippen molar-refractivity contribution in [2.24, 2.45) is 0 Å². The molecule has 0 aliphatic carbocycles. The molecule has 1 aliphatic heterocycles. The van der Waals surface area contributed by atoms with Gasteiger partial charge in [-0.05, 0) is 38.1 Å². The molecule has 3 aromatic rings. The molecule has 140 valence electrons. The third-order valence-corrected chi connectivity index (χ3v) is 5.53. The summed E-state index contributed by atoms with van der Waals surface area (Å²) in [5.74, 6) is 0.141. The Bertz CT molecular complexity index is 908. The number of anilines is 1. The molecule has 1 saturated heterocycles. The van der Waals surface area contributed by atoms with Crippen LogP contribution in [0.2, 0.25) is 0 Å².